The maximum atomic E-state index is 12.6. The molecule has 1 aliphatic heterocycles. The Hall–Kier alpha value is -3.10. The minimum Gasteiger partial charge on any atom is -0.332 e. The second kappa shape index (κ2) is 6.80. The number of aromatic amines is 1. The molecule has 9 heteroatoms. The maximum absolute atomic E-state index is 12.6. The number of aryl methyl sites for hydroxylation is 1. The van der Waals surface area contributed by atoms with Gasteiger partial charge in [-0.05, 0) is 18.9 Å². The predicted molar refractivity (Wildman–Crippen MR) is 87.9 cm³/mol. The number of nitrogens with one attached hydrogen (secondary N) is 1. The number of likely N-dealkylation sites (tertiary alicyclic amines) is 1. The Morgan fingerprint density at radius 1 is 1.32 bits per heavy atom. The van der Waals surface area contributed by atoms with Crippen molar-refractivity contribution in [2.24, 2.45) is 0 Å². The third-order valence-electron chi connectivity index (χ3n) is 4.30. The highest BCUT2D eigenvalue weighted by atomic mass is 16.2. The van der Waals surface area contributed by atoms with E-state index in [1.807, 2.05) is 17.2 Å². The fourth-order valence-electron chi connectivity index (χ4n) is 3.09. The van der Waals surface area contributed by atoms with E-state index in [2.05, 4.69) is 30.2 Å². The van der Waals surface area contributed by atoms with Crippen molar-refractivity contribution in [1.29, 1.82) is 0 Å². The fourth-order valence-corrected chi connectivity index (χ4v) is 3.09. The minimum atomic E-state index is -0.0666. The fraction of sp³-hybridized carbons (Fsp3) is 0.375. The summed E-state index contributed by atoms with van der Waals surface area (Å²) < 4.78 is 1.77. The Morgan fingerprint density at radius 3 is 3.08 bits per heavy atom. The summed E-state index contributed by atoms with van der Waals surface area (Å²) in [7, 11) is 0. The lowest BCUT2D eigenvalue weighted by atomic mass is 10.2. The second-order valence-electron chi connectivity index (χ2n) is 5.90. The number of hydrogen-bond acceptors (Lipinski definition) is 6. The smallest absolute Gasteiger partial charge is 0.225 e. The van der Waals surface area contributed by atoms with Crippen LogP contribution in [0.15, 0.2) is 37.1 Å². The van der Waals surface area contributed by atoms with Gasteiger partial charge in [0.15, 0.2) is 0 Å². The number of aromatic nitrogens is 7. The average molecular weight is 338 g/mol. The van der Waals surface area contributed by atoms with Gasteiger partial charge in [-0.2, -0.15) is 10.2 Å². The molecule has 1 unspecified atom stereocenters. The third kappa shape index (κ3) is 3.25. The Morgan fingerprint density at radius 2 is 2.28 bits per heavy atom. The van der Waals surface area contributed by atoms with Gasteiger partial charge < -0.3 is 4.90 Å². The first-order valence-corrected chi connectivity index (χ1v) is 8.27. The first kappa shape index (κ1) is 15.4. The van der Waals surface area contributed by atoms with E-state index in [-0.39, 0.29) is 11.9 Å². The molecule has 0 radical (unpaired) electrons. The number of carbonyl (C=O) groups is 1. The summed E-state index contributed by atoms with van der Waals surface area (Å²) in [6.07, 6.45) is 10.7. The first-order valence-electron chi connectivity index (χ1n) is 8.27. The van der Waals surface area contributed by atoms with Gasteiger partial charge in [0.25, 0.3) is 0 Å². The molecule has 1 aliphatic rings. The van der Waals surface area contributed by atoms with Crippen LogP contribution < -0.4 is 0 Å². The van der Waals surface area contributed by atoms with Crippen LogP contribution in [0.1, 0.15) is 31.1 Å². The van der Waals surface area contributed by atoms with Gasteiger partial charge in [-0.25, -0.2) is 9.97 Å². The summed E-state index contributed by atoms with van der Waals surface area (Å²) in [6, 6.07) is 1.79. The molecule has 0 saturated carbocycles. The molecule has 3 aromatic rings. The van der Waals surface area contributed by atoms with Crippen molar-refractivity contribution in [3.63, 3.8) is 0 Å². The molecule has 0 aliphatic carbocycles. The highest BCUT2D eigenvalue weighted by Crippen LogP contribution is 2.31. The molecule has 4 heterocycles. The van der Waals surface area contributed by atoms with Crippen LogP contribution >= 0.6 is 0 Å². The zero-order valence-electron chi connectivity index (χ0n) is 13.6. The van der Waals surface area contributed by atoms with E-state index >= 15 is 0 Å². The third-order valence-corrected chi connectivity index (χ3v) is 4.30. The second-order valence-corrected chi connectivity index (χ2v) is 5.90. The normalized spacial score (nSPS) is 17.1. The van der Waals surface area contributed by atoms with Crippen molar-refractivity contribution < 1.29 is 4.79 Å². The predicted octanol–water partition coefficient (Wildman–Crippen LogP) is 1.21. The number of hydrogen-bond donors (Lipinski definition) is 1. The van der Waals surface area contributed by atoms with Crippen molar-refractivity contribution in [3.05, 3.63) is 42.9 Å². The standard InChI is InChI=1S/C16H18N8O/c25-14(4-10-23-8-2-5-19-23)24-9-1-3-13(24)16-20-15(21-22-16)12-11-17-6-7-18-12/h2,5-8,11,13H,1,3-4,9-10H2,(H,20,21,22). The van der Waals surface area contributed by atoms with Crippen LogP contribution in [-0.2, 0) is 11.3 Å². The van der Waals surface area contributed by atoms with Crippen molar-refractivity contribution in [3.8, 4) is 11.5 Å². The molecule has 0 bridgehead atoms. The number of nitrogens with zero attached hydrogens (tertiary/aromatic N) is 7. The monoisotopic (exact) mass is 338 g/mol. The molecule has 3 aromatic heterocycles. The maximum Gasteiger partial charge on any atom is 0.225 e. The van der Waals surface area contributed by atoms with E-state index in [9.17, 15) is 4.79 Å². The number of amides is 1. The van der Waals surface area contributed by atoms with Crippen LogP contribution in [0.2, 0.25) is 0 Å². The van der Waals surface area contributed by atoms with Gasteiger partial charge in [0.1, 0.15) is 11.5 Å². The van der Waals surface area contributed by atoms with Crippen LogP contribution in [0, 0.1) is 0 Å². The summed E-state index contributed by atoms with van der Waals surface area (Å²) >= 11 is 0. The molecule has 1 atom stereocenters. The Kier molecular flexibility index (Phi) is 4.19. The van der Waals surface area contributed by atoms with E-state index in [1.54, 1.807) is 29.5 Å². The number of carbonyl (C=O) groups excluding carboxylic acids is 1. The molecular weight excluding hydrogens is 320 g/mol. The van der Waals surface area contributed by atoms with Crippen molar-refractivity contribution in [1.82, 2.24) is 39.8 Å². The van der Waals surface area contributed by atoms with Gasteiger partial charge in [0, 0.05) is 44.3 Å². The van der Waals surface area contributed by atoms with Gasteiger partial charge >= 0.3 is 0 Å². The molecule has 4 rings (SSSR count). The van der Waals surface area contributed by atoms with Crippen LogP contribution in [-0.4, -0.2) is 52.3 Å². The van der Waals surface area contributed by atoms with E-state index in [0.29, 0.717) is 30.3 Å². The molecule has 9 nitrogen and oxygen atoms in total. The number of rotatable bonds is 5. The largest absolute Gasteiger partial charge is 0.332 e. The van der Waals surface area contributed by atoms with Gasteiger partial charge in [0.2, 0.25) is 11.7 Å². The average Bonchev–Trinajstić information content (AvgIpc) is 3.41. The summed E-state index contributed by atoms with van der Waals surface area (Å²) in [6.45, 7) is 1.32. The van der Waals surface area contributed by atoms with Gasteiger partial charge in [-0.1, -0.05) is 0 Å². The lowest BCUT2D eigenvalue weighted by Gasteiger charge is -2.22. The lowest BCUT2D eigenvalue weighted by molar-refractivity contribution is -0.132. The van der Waals surface area contributed by atoms with Gasteiger partial charge in [0.05, 0.1) is 12.2 Å². The first-order chi connectivity index (χ1) is 12.3. The quantitative estimate of drug-likeness (QED) is 0.749. The van der Waals surface area contributed by atoms with E-state index < -0.39 is 0 Å². The Bertz CT molecular complexity index is 829. The molecule has 1 amide bonds. The van der Waals surface area contributed by atoms with E-state index in [0.717, 1.165) is 19.4 Å². The molecule has 1 N–H and O–H groups in total. The van der Waals surface area contributed by atoms with Crippen molar-refractivity contribution in [2.45, 2.75) is 31.8 Å². The zero-order valence-corrected chi connectivity index (χ0v) is 13.6. The van der Waals surface area contributed by atoms with E-state index in [4.69, 9.17) is 0 Å². The molecule has 0 aromatic carbocycles. The molecular formula is C16H18N8O. The van der Waals surface area contributed by atoms with Crippen molar-refractivity contribution in [2.75, 3.05) is 6.54 Å². The van der Waals surface area contributed by atoms with Crippen LogP contribution in [0.5, 0.6) is 0 Å². The van der Waals surface area contributed by atoms with Crippen LogP contribution in [0.3, 0.4) is 0 Å². The lowest BCUT2D eigenvalue weighted by Crippen LogP contribution is -2.31. The number of H-pyrrole nitrogens is 1. The summed E-state index contributed by atoms with van der Waals surface area (Å²) in [5.74, 6) is 1.31. The molecule has 1 saturated heterocycles. The Balaban J connectivity index is 1.46. The SMILES string of the molecule is O=C(CCn1cccn1)N1CCCC1c1nc(-c2cnccn2)n[nH]1. The minimum absolute atomic E-state index is 0.0666. The van der Waals surface area contributed by atoms with E-state index in [1.165, 1.54) is 0 Å². The molecule has 128 valence electrons. The Labute approximate surface area is 144 Å². The molecule has 1 fully saturated rings. The zero-order chi connectivity index (χ0) is 17.1. The summed E-state index contributed by atoms with van der Waals surface area (Å²) in [5.41, 5.74) is 0.611. The summed E-state index contributed by atoms with van der Waals surface area (Å²) in [4.78, 5) is 27.2. The molecule has 0 spiro atoms. The highest BCUT2D eigenvalue weighted by Gasteiger charge is 2.32. The van der Waals surface area contributed by atoms with Crippen LogP contribution in [0.4, 0.5) is 0 Å². The van der Waals surface area contributed by atoms with Crippen molar-refractivity contribution >= 4 is 5.91 Å². The summed E-state index contributed by atoms with van der Waals surface area (Å²) in [5, 5.41) is 11.3. The van der Waals surface area contributed by atoms with Crippen LogP contribution in [0.25, 0.3) is 11.5 Å². The van der Waals surface area contributed by atoms with Gasteiger partial charge in [-0.15, -0.1) is 0 Å². The topological polar surface area (TPSA) is 105 Å². The highest BCUT2D eigenvalue weighted by molar-refractivity contribution is 5.76. The van der Waals surface area contributed by atoms with Gasteiger partial charge in [-0.3, -0.25) is 19.6 Å². The molecule has 25 heavy (non-hydrogen) atoms.